The quantitative estimate of drug-likeness (QED) is 0.0356. The van der Waals surface area contributed by atoms with Crippen LogP contribution in [0.5, 0.6) is 0 Å². The van der Waals surface area contributed by atoms with E-state index < -0.39 is 12.1 Å². The van der Waals surface area contributed by atoms with E-state index in [1.807, 2.05) is 0 Å². The second-order valence-corrected chi connectivity index (χ2v) is 20.4. The molecule has 0 aromatic heterocycles. The van der Waals surface area contributed by atoms with Crippen molar-refractivity contribution in [3.63, 3.8) is 0 Å². The SMILES string of the molecule is CCCCCCCCCCCCCCCC(=O)N[C@@H](CSC[C@H](COC(=O)CCCCCCCCCCCCCCC)OC(=O)CCCCCCCCCCCCCCC)C(=O)CS. The van der Waals surface area contributed by atoms with E-state index in [0.29, 0.717) is 30.8 Å². The summed E-state index contributed by atoms with van der Waals surface area (Å²) in [7, 11) is 0. The van der Waals surface area contributed by atoms with Crippen molar-refractivity contribution in [2.24, 2.45) is 0 Å². The number of Topliss-reactive ketones (excluding diaryl/α,β-unsaturated/α-hetero) is 1. The van der Waals surface area contributed by atoms with Gasteiger partial charge in [0.1, 0.15) is 12.7 Å². The topological polar surface area (TPSA) is 98.8 Å². The number of unbranched alkanes of at least 4 members (excludes halogenated alkanes) is 36. The van der Waals surface area contributed by atoms with Crippen LogP contribution in [0.25, 0.3) is 0 Å². The van der Waals surface area contributed by atoms with Crippen molar-refractivity contribution >= 4 is 48.0 Å². The van der Waals surface area contributed by atoms with Gasteiger partial charge in [-0.1, -0.05) is 252 Å². The van der Waals surface area contributed by atoms with Gasteiger partial charge in [-0.2, -0.15) is 24.4 Å². The molecule has 0 spiro atoms. The molecule has 0 saturated heterocycles. The lowest BCUT2D eigenvalue weighted by molar-refractivity contribution is -0.157. The molecule has 0 fully saturated rings. The van der Waals surface area contributed by atoms with E-state index >= 15 is 0 Å². The maximum Gasteiger partial charge on any atom is 0.306 e. The molecule has 0 unspecified atom stereocenters. The van der Waals surface area contributed by atoms with Crippen LogP contribution < -0.4 is 5.32 Å². The fourth-order valence-electron chi connectivity index (χ4n) is 8.41. The summed E-state index contributed by atoms with van der Waals surface area (Å²) in [5.41, 5.74) is 0. The molecule has 1 N–H and O–H groups in total. The number of thiol groups is 1. The zero-order valence-electron chi connectivity index (χ0n) is 42.5. The molecule has 0 aliphatic carbocycles. The van der Waals surface area contributed by atoms with Crippen LogP contribution in [-0.2, 0) is 28.7 Å². The molecule has 0 rings (SSSR count). The first-order chi connectivity index (χ1) is 31.4. The van der Waals surface area contributed by atoms with Crippen LogP contribution in [0.1, 0.15) is 290 Å². The highest BCUT2D eigenvalue weighted by Gasteiger charge is 2.22. The van der Waals surface area contributed by atoms with E-state index in [0.717, 1.165) is 57.8 Å². The van der Waals surface area contributed by atoms with Crippen molar-refractivity contribution in [1.82, 2.24) is 5.32 Å². The highest BCUT2D eigenvalue weighted by molar-refractivity contribution is 7.99. The second-order valence-electron chi connectivity index (χ2n) is 19.1. The van der Waals surface area contributed by atoms with Crippen molar-refractivity contribution in [3.05, 3.63) is 0 Å². The smallest absolute Gasteiger partial charge is 0.306 e. The van der Waals surface area contributed by atoms with E-state index in [2.05, 4.69) is 38.7 Å². The average Bonchev–Trinajstić information content (AvgIpc) is 3.29. The summed E-state index contributed by atoms with van der Waals surface area (Å²) in [5, 5.41) is 2.95. The Labute approximate surface area is 406 Å². The van der Waals surface area contributed by atoms with Crippen LogP contribution in [0.4, 0.5) is 0 Å². The van der Waals surface area contributed by atoms with Gasteiger partial charge in [-0.15, -0.1) is 0 Å². The van der Waals surface area contributed by atoms with Crippen molar-refractivity contribution in [2.45, 2.75) is 303 Å². The molecule has 0 saturated carbocycles. The lowest BCUT2D eigenvalue weighted by atomic mass is 10.0. The summed E-state index contributed by atoms with van der Waals surface area (Å²) in [6, 6.07) is -0.655. The monoisotopic (exact) mass is 940 g/mol. The van der Waals surface area contributed by atoms with Crippen LogP contribution in [0, 0.1) is 0 Å². The summed E-state index contributed by atoms with van der Waals surface area (Å²) in [5.74, 6) is 0.00902. The Kier molecular flexibility index (Phi) is 50.2. The Morgan fingerprint density at radius 2 is 0.734 bits per heavy atom. The van der Waals surface area contributed by atoms with Crippen molar-refractivity contribution in [1.29, 1.82) is 0 Å². The summed E-state index contributed by atoms with van der Waals surface area (Å²) in [6.45, 7) is 6.79. The number of rotatable bonds is 52. The number of esters is 2. The zero-order valence-corrected chi connectivity index (χ0v) is 44.2. The normalized spacial score (nSPS) is 12.3. The zero-order chi connectivity index (χ0) is 46.8. The van der Waals surface area contributed by atoms with Gasteiger partial charge in [0.2, 0.25) is 5.91 Å². The lowest BCUT2D eigenvalue weighted by Gasteiger charge is -2.20. The largest absolute Gasteiger partial charge is 0.462 e. The van der Waals surface area contributed by atoms with E-state index in [4.69, 9.17) is 9.47 Å². The molecule has 0 aliphatic rings. The van der Waals surface area contributed by atoms with Gasteiger partial charge < -0.3 is 14.8 Å². The third-order valence-corrected chi connectivity index (χ3v) is 14.2. The number of hydrogen-bond donors (Lipinski definition) is 2. The number of thioether (sulfide) groups is 1. The first kappa shape index (κ1) is 62.8. The Morgan fingerprint density at radius 3 is 1.08 bits per heavy atom. The van der Waals surface area contributed by atoms with Crippen LogP contribution in [-0.4, -0.2) is 59.6 Å². The number of hydrogen-bond acceptors (Lipinski definition) is 8. The van der Waals surface area contributed by atoms with Gasteiger partial charge in [-0.05, 0) is 19.3 Å². The van der Waals surface area contributed by atoms with Crippen molar-refractivity contribution < 1.29 is 28.7 Å². The molecule has 64 heavy (non-hydrogen) atoms. The van der Waals surface area contributed by atoms with Gasteiger partial charge in [-0.25, -0.2) is 0 Å². The summed E-state index contributed by atoms with van der Waals surface area (Å²) < 4.78 is 11.5. The number of nitrogens with one attached hydrogen (secondary N) is 1. The number of ether oxygens (including phenoxy) is 2. The summed E-state index contributed by atoms with van der Waals surface area (Å²) >= 11 is 5.67. The highest BCUT2D eigenvalue weighted by Crippen LogP contribution is 2.18. The van der Waals surface area contributed by atoms with Crippen molar-refractivity contribution in [2.75, 3.05) is 23.9 Å². The van der Waals surface area contributed by atoms with Crippen LogP contribution in [0.15, 0.2) is 0 Å². The minimum absolute atomic E-state index is 0.00517. The third kappa shape index (κ3) is 45.9. The molecule has 0 aliphatic heterocycles. The predicted molar refractivity (Wildman–Crippen MR) is 280 cm³/mol. The molecule has 1 amide bonds. The number of carbonyl (C=O) groups is 4. The van der Waals surface area contributed by atoms with E-state index in [9.17, 15) is 19.2 Å². The van der Waals surface area contributed by atoms with Gasteiger partial charge >= 0.3 is 11.9 Å². The molecule has 0 aromatic rings. The minimum atomic E-state index is -0.655. The Hall–Kier alpha value is -1.22. The molecule has 0 radical (unpaired) electrons. The molecular weight excluding hydrogens is 835 g/mol. The van der Waals surface area contributed by atoms with Gasteiger partial charge in [0.15, 0.2) is 5.78 Å². The van der Waals surface area contributed by atoms with E-state index in [1.54, 1.807) is 0 Å². The average molecular weight is 941 g/mol. The molecular formula is C55H105NO6S2. The van der Waals surface area contributed by atoms with Crippen LogP contribution in [0.3, 0.4) is 0 Å². The van der Waals surface area contributed by atoms with Crippen LogP contribution >= 0.6 is 24.4 Å². The summed E-state index contributed by atoms with van der Waals surface area (Å²) in [6.07, 6.45) is 49.2. The number of carbonyl (C=O) groups excluding carboxylic acids is 4. The predicted octanol–water partition coefficient (Wildman–Crippen LogP) is 16.6. The molecule has 0 aromatic carbocycles. The van der Waals surface area contributed by atoms with Gasteiger partial charge in [0.25, 0.3) is 0 Å². The Balaban J connectivity index is 4.68. The van der Waals surface area contributed by atoms with Crippen LogP contribution in [0.2, 0.25) is 0 Å². The molecule has 0 heterocycles. The lowest BCUT2D eigenvalue weighted by Crippen LogP contribution is -2.43. The second kappa shape index (κ2) is 51.2. The fraction of sp³-hybridized carbons (Fsp3) is 0.927. The standard InChI is InChI=1S/C55H105NO6S2/c1-4-7-10-13-16-19-22-25-28-31-34-37-40-43-53(58)56-51(52(57)47-63)49-64-48-50(62-55(60)45-42-39-36-33-30-27-24-21-18-15-12-9-6-3)46-61-54(59)44-41-38-35-32-29-26-23-20-17-14-11-8-5-2/h50-51,63H,4-49H2,1-3H3,(H,56,58)/t50-,51-/m0/s1. The summed E-state index contributed by atoms with van der Waals surface area (Å²) in [4.78, 5) is 51.4. The molecule has 0 bridgehead atoms. The number of amides is 1. The maximum absolute atomic E-state index is 13.0. The molecule has 9 heteroatoms. The first-order valence-electron chi connectivity index (χ1n) is 27.7. The number of ketones is 1. The molecule has 2 atom stereocenters. The van der Waals surface area contributed by atoms with Gasteiger partial charge in [0, 0.05) is 30.8 Å². The van der Waals surface area contributed by atoms with E-state index in [1.165, 1.54) is 204 Å². The third-order valence-electron chi connectivity index (χ3n) is 12.7. The Morgan fingerprint density at radius 1 is 0.422 bits per heavy atom. The first-order valence-corrected chi connectivity index (χ1v) is 29.5. The van der Waals surface area contributed by atoms with Gasteiger partial charge in [0.05, 0.1) is 11.8 Å². The molecule has 7 nitrogen and oxygen atoms in total. The molecule has 378 valence electrons. The maximum atomic E-state index is 13.0. The highest BCUT2D eigenvalue weighted by atomic mass is 32.2. The fourth-order valence-corrected chi connectivity index (χ4v) is 9.69. The van der Waals surface area contributed by atoms with Gasteiger partial charge in [-0.3, -0.25) is 19.2 Å². The Bertz CT molecular complexity index is 1040. The van der Waals surface area contributed by atoms with Crippen molar-refractivity contribution in [3.8, 4) is 0 Å². The van der Waals surface area contributed by atoms with E-state index in [-0.39, 0.29) is 36.0 Å². The minimum Gasteiger partial charge on any atom is -0.462 e.